The molecule has 0 atom stereocenters. The molecule has 0 fully saturated rings. The van der Waals surface area contributed by atoms with Crippen LogP contribution in [-0.2, 0) is 19.5 Å². The van der Waals surface area contributed by atoms with E-state index in [0.717, 1.165) is 17.5 Å². The number of unbranched alkanes of at least 4 members (excludes halogenated alkanes) is 10. The number of rotatable bonds is 15. The summed E-state index contributed by atoms with van der Waals surface area (Å²) in [5.74, 6) is 0. The Bertz CT molecular complexity index is 647. The zero-order valence-electron chi connectivity index (χ0n) is 17.7. The standard InChI is InChI=1S/C23H40N4/c1-3-5-7-9-11-13-15-20-17-18-22-23(25-26-27(22)19-24)21(20)16-14-12-10-8-6-4-2/h17-18H,3-16,19,24H2,1-2H3. The van der Waals surface area contributed by atoms with E-state index in [2.05, 4.69) is 36.3 Å². The minimum absolute atomic E-state index is 0.393. The molecule has 0 saturated carbocycles. The minimum atomic E-state index is 0.393. The number of aromatic nitrogens is 3. The third-order valence-electron chi connectivity index (χ3n) is 5.64. The molecular formula is C23H40N4. The topological polar surface area (TPSA) is 56.7 Å². The highest BCUT2D eigenvalue weighted by Gasteiger charge is 2.13. The Labute approximate surface area is 165 Å². The monoisotopic (exact) mass is 372 g/mol. The number of benzene rings is 1. The average Bonchev–Trinajstić information content (AvgIpc) is 3.11. The fraction of sp³-hybridized carbons (Fsp3) is 0.739. The largest absolute Gasteiger partial charge is 0.312 e. The molecule has 4 heteroatoms. The lowest BCUT2D eigenvalue weighted by Crippen LogP contribution is -2.08. The van der Waals surface area contributed by atoms with E-state index in [1.54, 1.807) is 0 Å². The van der Waals surface area contributed by atoms with Crippen LogP contribution in [0.25, 0.3) is 11.0 Å². The van der Waals surface area contributed by atoms with Crippen molar-refractivity contribution >= 4 is 11.0 Å². The predicted molar refractivity (Wildman–Crippen MR) is 116 cm³/mol. The molecule has 0 amide bonds. The van der Waals surface area contributed by atoms with Crippen LogP contribution in [0.1, 0.15) is 102 Å². The fourth-order valence-electron chi connectivity index (χ4n) is 3.96. The van der Waals surface area contributed by atoms with Crippen LogP contribution in [0.4, 0.5) is 0 Å². The summed E-state index contributed by atoms with van der Waals surface area (Å²) >= 11 is 0. The predicted octanol–water partition coefficient (Wildman–Crippen LogP) is 6.15. The van der Waals surface area contributed by atoms with Crippen molar-refractivity contribution < 1.29 is 0 Å². The molecule has 152 valence electrons. The molecule has 0 unspecified atom stereocenters. The minimum Gasteiger partial charge on any atom is -0.312 e. The first-order chi connectivity index (χ1) is 13.3. The van der Waals surface area contributed by atoms with E-state index in [4.69, 9.17) is 5.73 Å². The Morgan fingerprint density at radius 1 is 0.778 bits per heavy atom. The summed E-state index contributed by atoms with van der Waals surface area (Å²) in [6.45, 7) is 4.94. The van der Waals surface area contributed by atoms with Crippen molar-refractivity contribution in [1.29, 1.82) is 0 Å². The molecular weight excluding hydrogens is 332 g/mol. The molecule has 1 aromatic heterocycles. The Morgan fingerprint density at radius 2 is 1.37 bits per heavy atom. The van der Waals surface area contributed by atoms with Gasteiger partial charge in [-0.2, -0.15) is 0 Å². The molecule has 1 heterocycles. The van der Waals surface area contributed by atoms with Crippen LogP contribution in [0.15, 0.2) is 12.1 Å². The van der Waals surface area contributed by atoms with Gasteiger partial charge in [0.15, 0.2) is 0 Å². The maximum Gasteiger partial charge on any atom is 0.116 e. The zero-order valence-corrected chi connectivity index (χ0v) is 17.7. The molecule has 0 aliphatic carbocycles. The number of aryl methyl sites for hydroxylation is 2. The van der Waals surface area contributed by atoms with E-state index in [1.807, 2.05) is 4.68 Å². The lowest BCUT2D eigenvalue weighted by molar-refractivity contribution is 0.599. The third-order valence-corrected chi connectivity index (χ3v) is 5.64. The fourth-order valence-corrected chi connectivity index (χ4v) is 3.96. The highest BCUT2D eigenvalue weighted by atomic mass is 15.4. The van der Waals surface area contributed by atoms with E-state index < -0.39 is 0 Å². The molecule has 0 aliphatic heterocycles. The van der Waals surface area contributed by atoms with Gasteiger partial charge in [0.25, 0.3) is 0 Å². The second kappa shape index (κ2) is 12.9. The van der Waals surface area contributed by atoms with E-state index >= 15 is 0 Å². The molecule has 2 aromatic rings. The highest BCUT2D eigenvalue weighted by molar-refractivity contribution is 5.79. The molecule has 27 heavy (non-hydrogen) atoms. The average molecular weight is 373 g/mol. The molecule has 0 aliphatic rings. The zero-order chi connectivity index (χ0) is 19.3. The third kappa shape index (κ3) is 6.91. The SMILES string of the molecule is CCCCCCCCc1ccc2c(nnn2CN)c1CCCCCCCC. The quantitative estimate of drug-likeness (QED) is 0.381. The first-order valence-corrected chi connectivity index (χ1v) is 11.4. The van der Waals surface area contributed by atoms with Crippen LogP contribution in [0.3, 0.4) is 0 Å². The highest BCUT2D eigenvalue weighted by Crippen LogP contribution is 2.25. The number of hydrogen-bond donors (Lipinski definition) is 1. The van der Waals surface area contributed by atoms with Crippen molar-refractivity contribution in [3.63, 3.8) is 0 Å². The summed E-state index contributed by atoms with van der Waals surface area (Å²) in [4.78, 5) is 0. The summed E-state index contributed by atoms with van der Waals surface area (Å²) in [5, 5.41) is 8.74. The van der Waals surface area contributed by atoms with E-state index in [0.29, 0.717) is 6.67 Å². The van der Waals surface area contributed by atoms with Crippen molar-refractivity contribution in [2.24, 2.45) is 5.73 Å². The van der Waals surface area contributed by atoms with Gasteiger partial charge in [-0.25, -0.2) is 4.68 Å². The Balaban J connectivity index is 1.98. The van der Waals surface area contributed by atoms with Crippen molar-refractivity contribution in [2.45, 2.75) is 110 Å². The van der Waals surface area contributed by atoms with Crippen LogP contribution in [0.2, 0.25) is 0 Å². The van der Waals surface area contributed by atoms with Gasteiger partial charge in [-0.1, -0.05) is 89.3 Å². The molecule has 2 N–H and O–H groups in total. The Morgan fingerprint density at radius 3 is 2.00 bits per heavy atom. The lowest BCUT2D eigenvalue weighted by atomic mass is 9.95. The summed E-state index contributed by atoms with van der Waals surface area (Å²) < 4.78 is 1.81. The van der Waals surface area contributed by atoms with Gasteiger partial charge in [0, 0.05) is 0 Å². The summed E-state index contributed by atoms with van der Waals surface area (Å²) in [7, 11) is 0. The van der Waals surface area contributed by atoms with Gasteiger partial charge in [0.05, 0.1) is 12.2 Å². The van der Waals surface area contributed by atoms with Gasteiger partial charge in [-0.05, 0) is 42.9 Å². The van der Waals surface area contributed by atoms with Gasteiger partial charge in [0.2, 0.25) is 0 Å². The van der Waals surface area contributed by atoms with Crippen LogP contribution >= 0.6 is 0 Å². The van der Waals surface area contributed by atoms with Gasteiger partial charge in [0.1, 0.15) is 5.52 Å². The first-order valence-electron chi connectivity index (χ1n) is 11.4. The van der Waals surface area contributed by atoms with Gasteiger partial charge in [-0.3, -0.25) is 0 Å². The molecule has 0 radical (unpaired) electrons. The molecule has 4 nitrogen and oxygen atoms in total. The first kappa shape index (κ1) is 21.9. The maximum atomic E-state index is 5.82. The number of hydrogen-bond acceptors (Lipinski definition) is 3. The molecule has 1 aromatic carbocycles. The van der Waals surface area contributed by atoms with Crippen molar-refractivity contribution in [2.75, 3.05) is 0 Å². The van der Waals surface area contributed by atoms with Gasteiger partial charge < -0.3 is 5.73 Å². The van der Waals surface area contributed by atoms with Crippen LogP contribution in [-0.4, -0.2) is 15.0 Å². The van der Waals surface area contributed by atoms with E-state index in [9.17, 15) is 0 Å². The van der Waals surface area contributed by atoms with Crippen molar-refractivity contribution in [3.05, 3.63) is 23.3 Å². The van der Waals surface area contributed by atoms with E-state index in [-0.39, 0.29) is 0 Å². The molecule has 0 spiro atoms. The Kier molecular flexibility index (Phi) is 10.4. The smallest absolute Gasteiger partial charge is 0.116 e. The van der Waals surface area contributed by atoms with E-state index in [1.165, 1.54) is 94.6 Å². The number of nitrogens with two attached hydrogens (primary N) is 1. The number of fused-ring (bicyclic) bond motifs is 1. The maximum absolute atomic E-state index is 5.82. The van der Waals surface area contributed by atoms with Crippen molar-refractivity contribution in [1.82, 2.24) is 15.0 Å². The second-order valence-electron chi connectivity index (χ2n) is 7.88. The van der Waals surface area contributed by atoms with Gasteiger partial charge >= 0.3 is 0 Å². The normalized spacial score (nSPS) is 11.5. The molecule has 0 bridgehead atoms. The summed E-state index contributed by atoms with van der Waals surface area (Å²) in [6, 6.07) is 4.47. The Hall–Kier alpha value is -1.42. The van der Waals surface area contributed by atoms with Crippen LogP contribution in [0, 0.1) is 0 Å². The van der Waals surface area contributed by atoms with Crippen LogP contribution in [0.5, 0.6) is 0 Å². The summed E-state index contributed by atoms with van der Waals surface area (Å²) in [5.41, 5.74) is 10.9. The summed E-state index contributed by atoms with van der Waals surface area (Å²) in [6.07, 6.45) is 18.3. The second-order valence-corrected chi connectivity index (χ2v) is 7.88. The molecule has 2 rings (SSSR count). The number of nitrogens with zero attached hydrogens (tertiary/aromatic N) is 3. The molecule has 0 saturated heterocycles. The van der Waals surface area contributed by atoms with Gasteiger partial charge in [-0.15, -0.1) is 5.10 Å². The lowest BCUT2D eigenvalue weighted by Gasteiger charge is -2.11. The van der Waals surface area contributed by atoms with Crippen molar-refractivity contribution in [3.8, 4) is 0 Å². The van der Waals surface area contributed by atoms with Crippen LogP contribution < -0.4 is 5.73 Å².